The third-order valence-corrected chi connectivity index (χ3v) is 14.1. The van der Waals surface area contributed by atoms with Crippen LogP contribution in [0.5, 0.6) is 0 Å². The van der Waals surface area contributed by atoms with E-state index in [1.54, 1.807) is 6.08 Å². The van der Waals surface area contributed by atoms with E-state index in [2.05, 4.69) is 75.5 Å². The number of rotatable bonds is 57. The lowest BCUT2D eigenvalue weighted by Gasteiger charge is -2.21. The standard InChI is InChI=1S/C64H113O11P/c1-4-7-10-13-16-19-22-25-28-29-30-31-34-37-40-43-46-49-52-55-64(68)75-61(57-71-62(66)53-50-47-44-41-38-35-32-26-23-20-17-14-11-8-5-2)59-73-76(69,70)72-58-60(56-65)74-63(67)54-51-48-45-42-39-36-33-27-24-21-18-15-12-9-6-3/h8,11,17,20,25-26,28,32,38,41,47,50,60-61,65H,4-7,9-10,12-16,18-19,21-24,27,29-31,33-37,39-40,42-46,48-49,51-59H2,1-3H3,(H,69,70)/b11-8-,20-17-,28-25-,32-26-,41-38-,50-47-. The molecule has 0 heterocycles. The number of unbranched alkanes of at least 4 members (excludes halogenated alkanes) is 29. The van der Waals surface area contributed by atoms with Crippen LogP contribution >= 0.6 is 7.82 Å². The molecule has 0 saturated heterocycles. The van der Waals surface area contributed by atoms with Crippen LogP contribution in [0.2, 0.25) is 0 Å². The molecule has 0 radical (unpaired) electrons. The van der Waals surface area contributed by atoms with Gasteiger partial charge < -0.3 is 24.2 Å². The third-order valence-electron chi connectivity index (χ3n) is 13.1. The fourth-order valence-corrected chi connectivity index (χ4v) is 9.27. The fraction of sp³-hybridized carbons (Fsp3) is 0.766. The summed E-state index contributed by atoms with van der Waals surface area (Å²) in [6.45, 7) is 4.45. The van der Waals surface area contributed by atoms with Crippen molar-refractivity contribution in [3.05, 3.63) is 72.9 Å². The monoisotopic (exact) mass is 1090 g/mol. The van der Waals surface area contributed by atoms with E-state index in [-0.39, 0.29) is 25.9 Å². The van der Waals surface area contributed by atoms with Crippen molar-refractivity contribution in [2.75, 3.05) is 26.4 Å². The van der Waals surface area contributed by atoms with Gasteiger partial charge in [-0.1, -0.05) is 261 Å². The van der Waals surface area contributed by atoms with Crippen molar-refractivity contribution >= 4 is 25.7 Å². The van der Waals surface area contributed by atoms with Crippen molar-refractivity contribution in [3.63, 3.8) is 0 Å². The van der Waals surface area contributed by atoms with Gasteiger partial charge >= 0.3 is 25.7 Å². The summed E-state index contributed by atoms with van der Waals surface area (Å²) in [5, 5.41) is 9.83. The average molecular weight is 1090 g/mol. The summed E-state index contributed by atoms with van der Waals surface area (Å²) in [6.07, 6.45) is 66.0. The van der Waals surface area contributed by atoms with Crippen LogP contribution in [-0.4, -0.2) is 66.5 Å². The SMILES string of the molecule is CC/C=C\C/C=C\C/C=C\C/C=C\C/C=C\CC(=O)OCC(COP(=O)(O)OCC(CO)OC(=O)CCCCCCCCCCCCCCCCC)OC(=O)CCCCCCCCCCC/C=C\CCCCCCCC. The zero-order chi connectivity index (χ0) is 55.5. The number of hydrogen-bond donors (Lipinski definition) is 2. The Labute approximate surface area is 465 Å². The lowest BCUT2D eigenvalue weighted by Crippen LogP contribution is -2.30. The minimum atomic E-state index is -4.77. The highest BCUT2D eigenvalue weighted by molar-refractivity contribution is 7.47. The molecule has 0 spiro atoms. The zero-order valence-corrected chi connectivity index (χ0v) is 49.6. The number of phosphoric acid groups is 1. The number of aliphatic hydroxyl groups excluding tert-OH is 1. The van der Waals surface area contributed by atoms with E-state index in [0.29, 0.717) is 19.3 Å². The van der Waals surface area contributed by atoms with Gasteiger partial charge in [-0.15, -0.1) is 0 Å². The number of phosphoric ester groups is 1. The predicted molar refractivity (Wildman–Crippen MR) is 316 cm³/mol. The van der Waals surface area contributed by atoms with Gasteiger partial charge in [0.15, 0.2) is 6.10 Å². The Hall–Kier alpha value is -3.08. The van der Waals surface area contributed by atoms with Crippen LogP contribution < -0.4 is 0 Å². The number of aliphatic hydroxyl groups is 1. The van der Waals surface area contributed by atoms with Crippen LogP contribution in [0, 0.1) is 0 Å². The van der Waals surface area contributed by atoms with Crippen LogP contribution in [0.1, 0.15) is 278 Å². The highest BCUT2D eigenvalue weighted by Crippen LogP contribution is 2.43. The van der Waals surface area contributed by atoms with E-state index in [1.165, 1.54) is 154 Å². The van der Waals surface area contributed by atoms with E-state index in [4.69, 9.17) is 23.3 Å². The Balaban J connectivity index is 4.77. The van der Waals surface area contributed by atoms with Crippen LogP contribution in [0.25, 0.3) is 0 Å². The molecular weight excluding hydrogens is 976 g/mol. The molecule has 12 heteroatoms. The van der Waals surface area contributed by atoms with Crippen molar-refractivity contribution < 1.29 is 52.2 Å². The molecule has 0 amide bonds. The molecule has 440 valence electrons. The van der Waals surface area contributed by atoms with Crippen molar-refractivity contribution in [1.82, 2.24) is 0 Å². The number of carbonyl (C=O) groups excluding carboxylic acids is 3. The number of ether oxygens (including phenoxy) is 3. The van der Waals surface area contributed by atoms with Gasteiger partial charge in [0.2, 0.25) is 0 Å². The Morgan fingerprint density at radius 2 is 0.724 bits per heavy atom. The molecular formula is C64H113O11P. The molecule has 3 atom stereocenters. The molecule has 0 bridgehead atoms. The van der Waals surface area contributed by atoms with Crippen LogP contribution in [0.3, 0.4) is 0 Å². The number of hydrogen-bond acceptors (Lipinski definition) is 10. The number of allylic oxidation sites excluding steroid dienone is 11. The molecule has 2 N–H and O–H groups in total. The summed E-state index contributed by atoms with van der Waals surface area (Å²) >= 11 is 0. The molecule has 0 rings (SSSR count). The Morgan fingerprint density at radius 1 is 0.395 bits per heavy atom. The van der Waals surface area contributed by atoms with Gasteiger partial charge in [0, 0.05) is 12.8 Å². The Bertz CT molecular complexity index is 1550. The maximum Gasteiger partial charge on any atom is 0.472 e. The summed E-state index contributed by atoms with van der Waals surface area (Å²) in [5.74, 6) is -1.61. The van der Waals surface area contributed by atoms with E-state index < -0.39 is 57.8 Å². The maximum absolute atomic E-state index is 12.9. The lowest BCUT2D eigenvalue weighted by molar-refractivity contribution is -0.161. The van der Waals surface area contributed by atoms with E-state index in [9.17, 15) is 28.9 Å². The molecule has 0 fully saturated rings. The average Bonchev–Trinajstić information content (AvgIpc) is 3.41. The molecule has 0 aliphatic heterocycles. The van der Waals surface area contributed by atoms with E-state index in [0.717, 1.165) is 64.2 Å². The molecule has 0 aliphatic carbocycles. The molecule has 0 aromatic carbocycles. The molecule has 0 saturated carbocycles. The van der Waals surface area contributed by atoms with Crippen molar-refractivity contribution in [2.45, 2.75) is 290 Å². The van der Waals surface area contributed by atoms with Gasteiger partial charge in [-0.3, -0.25) is 23.4 Å². The summed E-state index contributed by atoms with van der Waals surface area (Å²) in [5.41, 5.74) is 0. The normalized spacial score (nSPS) is 13.8. The van der Waals surface area contributed by atoms with Crippen molar-refractivity contribution in [1.29, 1.82) is 0 Å². The second kappa shape index (κ2) is 58.1. The van der Waals surface area contributed by atoms with Crippen LogP contribution in [0.4, 0.5) is 0 Å². The summed E-state index contributed by atoms with van der Waals surface area (Å²) < 4.78 is 39.5. The molecule has 76 heavy (non-hydrogen) atoms. The minimum absolute atomic E-state index is 0.00589. The first-order valence-electron chi connectivity index (χ1n) is 30.8. The summed E-state index contributed by atoms with van der Waals surface area (Å²) in [6, 6.07) is 0. The number of carbonyl (C=O) groups is 3. The molecule has 0 aromatic heterocycles. The smallest absolute Gasteiger partial charge is 0.461 e. The third kappa shape index (κ3) is 55.7. The quantitative estimate of drug-likeness (QED) is 0.0197. The van der Waals surface area contributed by atoms with Crippen LogP contribution in [0.15, 0.2) is 72.9 Å². The van der Waals surface area contributed by atoms with Gasteiger partial charge in [-0.25, -0.2) is 4.57 Å². The first kappa shape index (κ1) is 72.9. The zero-order valence-electron chi connectivity index (χ0n) is 48.7. The maximum atomic E-state index is 12.9. The largest absolute Gasteiger partial charge is 0.472 e. The fourth-order valence-electron chi connectivity index (χ4n) is 8.48. The first-order chi connectivity index (χ1) is 37.2. The van der Waals surface area contributed by atoms with Gasteiger partial charge in [-0.2, -0.15) is 0 Å². The number of esters is 3. The van der Waals surface area contributed by atoms with Crippen LogP contribution in [-0.2, 0) is 42.2 Å². The Morgan fingerprint density at radius 3 is 1.11 bits per heavy atom. The Kier molecular flexibility index (Phi) is 55.7. The second-order valence-corrected chi connectivity index (χ2v) is 22.0. The van der Waals surface area contributed by atoms with Gasteiger partial charge in [0.05, 0.1) is 26.2 Å². The highest BCUT2D eigenvalue weighted by atomic mass is 31.2. The summed E-state index contributed by atoms with van der Waals surface area (Å²) in [4.78, 5) is 48.6. The second-order valence-electron chi connectivity index (χ2n) is 20.5. The first-order valence-corrected chi connectivity index (χ1v) is 32.3. The predicted octanol–water partition coefficient (Wildman–Crippen LogP) is 18.5. The van der Waals surface area contributed by atoms with Crippen molar-refractivity contribution in [3.8, 4) is 0 Å². The van der Waals surface area contributed by atoms with Crippen molar-refractivity contribution in [2.24, 2.45) is 0 Å². The topological polar surface area (TPSA) is 155 Å². The lowest BCUT2D eigenvalue weighted by atomic mass is 10.0. The molecule has 0 aliphatic rings. The molecule has 3 unspecified atom stereocenters. The highest BCUT2D eigenvalue weighted by Gasteiger charge is 2.28. The van der Waals surface area contributed by atoms with E-state index in [1.807, 2.05) is 12.2 Å². The van der Waals surface area contributed by atoms with Gasteiger partial charge in [-0.05, 0) is 70.6 Å². The van der Waals surface area contributed by atoms with E-state index >= 15 is 0 Å². The molecule has 11 nitrogen and oxygen atoms in total. The molecule has 0 aromatic rings. The summed E-state index contributed by atoms with van der Waals surface area (Å²) in [7, 11) is -4.77. The van der Waals surface area contributed by atoms with Gasteiger partial charge in [0.1, 0.15) is 12.7 Å². The van der Waals surface area contributed by atoms with Gasteiger partial charge in [0.25, 0.3) is 0 Å². The minimum Gasteiger partial charge on any atom is -0.461 e.